The maximum atomic E-state index is 12.3. The van der Waals surface area contributed by atoms with Gasteiger partial charge in [-0.15, -0.1) is 0 Å². The number of hydrogen-bond donors (Lipinski definition) is 1. The van der Waals surface area contributed by atoms with Crippen LogP contribution in [0.25, 0.3) is 0 Å². The highest BCUT2D eigenvalue weighted by Gasteiger charge is 2.64. The van der Waals surface area contributed by atoms with E-state index in [2.05, 4.69) is 18.6 Å². The van der Waals surface area contributed by atoms with Crippen molar-refractivity contribution in [2.45, 2.75) is 83.3 Å². The smallest absolute Gasteiger partial charge is 0.343 e. The predicted octanol–water partition coefficient (Wildman–Crippen LogP) is 0.961. The van der Waals surface area contributed by atoms with Gasteiger partial charge in [-0.2, -0.15) is 21.6 Å². The summed E-state index contributed by atoms with van der Waals surface area (Å²) < 4.78 is 81.8. The number of fused-ring (bicyclic) bond motifs is 3. The molecule has 0 spiro atoms. The quantitative estimate of drug-likeness (QED) is 0.432. The molecule has 0 saturated carbocycles. The van der Waals surface area contributed by atoms with Crippen LogP contribution in [0.4, 0.5) is 0 Å². The third-order valence-electron chi connectivity index (χ3n) is 5.38. The molecule has 0 radical (unpaired) electrons. The SMILES string of the molecule is CCCCC(C)CCCNS(=O)(=O)OC[C@@]12OC[C@H]3OS(=O)(=O)O[C@H]3[C@@H]1OC(C)O2. The lowest BCUT2D eigenvalue weighted by Crippen LogP contribution is -2.60. The Balaban J connectivity index is 1.52. The summed E-state index contributed by atoms with van der Waals surface area (Å²) in [5, 5.41) is 0. The Morgan fingerprint density at radius 3 is 2.70 bits per heavy atom. The highest BCUT2D eigenvalue weighted by molar-refractivity contribution is 7.84. The van der Waals surface area contributed by atoms with Crippen LogP contribution in [0.15, 0.2) is 0 Å². The summed E-state index contributed by atoms with van der Waals surface area (Å²) in [7, 11) is -8.23. The monoisotopic (exact) mass is 473 g/mol. The second-order valence-electron chi connectivity index (χ2n) is 7.97. The van der Waals surface area contributed by atoms with E-state index in [-0.39, 0.29) is 13.2 Å². The van der Waals surface area contributed by atoms with Gasteiger partial charge >= 0.3 is 20.7 Å². The molecule has 3 heterocycles. The molecule has 0 aromatic carbocycles. The molecule has 1 N–H and O–H groups in total. The average Bonchev–Trinajstić information content (AvgIpc) is 3.17. The van der Waals surface area contributed by atoms with Gasteiger partial charge in [0, 0.05) is 6.54 Å². The van der Waals surface area contributed by atoms with Crippen molar-refractivity contribution in [1.82, 2.24) is 4.72 Å². The predicted molar refractivity (Wildman–Crippen MR) is 104 cm³/mol. The summed E-state index contributed by atoms with van der Waals surface area (Å²) in [5.74, 6) is -1.08. The van der Waals surface area contributed by atoms with E-state index in [1.807, 2.05) is 0 Å². The summed E-state index contributed by atoms with van der Waals surface area (Å²) >= 11 is 0. The van der Waals surface area contributed by atoms with Crippen LogP contribution in [0.2, 0.25) is 0 Å². The van der Waals surface area contributed by atoms with Crippen LogP contribution >= 0.6 is 0 Å². The molecule has 11 nitrogen and oxygen atoms in total. The number of ether oxygens (including phenoxy) is 3. The van der Waals surface area contributed by atoms with Crippen molar-refractivity contribution in [1.29, 1.82) is 0 Å². The lowest BCUT2D eigenvalue weighted by molar-refractivity contribution is -0.279. The van der Waals surface area contributed by atoms with E-state index in [4.69, 9.17) is 26.8 Å². The van der Waals surface area contributed by atoms with Crippen LogP contribution in [0.3, 0.4) is 0 Å². The number of unbranched alkanes of at least 4 members (excludes halogenated alkanes) is 1. The molecule has 2 unspecified atom stereocenters. The third-order valence-corrected chi connectivity index (χ3v) is 7.31. The molecular weight excluding hydrogens is 442 g/mol. The maximum Gasteiger partial charge on any atom is 0.400 e. The largest absolute Gasteiger partial charge is 0.400 e. The molecule has 0 amide bonds. The summed E-state index contributed by atoms with van der Waals surface area (Å²) in [4.78, 5) is 0. The lowest BCUT2D eigenvalue weighted by atomic mass is 9.98. The first kappa shape index (κ1) is 24.3. The fraction of sp³-hybridized carbons (Fsp3) is 1.00. The molecule has 3 saturated heterocycles. The Morgan fingerprint density at radius 1 is 1.23 bits per heavy atom. The first-order valence-corrected chi connectivity index (χ1v) is 13.0. The van der Waals surface area contributed by atoms with E-state index in [9.17, 15) is 16.8 Å². The second kappa shape index (κ2) is 9.63. The first-order valence-electron chi connectivity index (χ1n) is 10.3. The fourth-order valence-electron chi connectivity index (χ4n) is 3.85. The molecule has 3 aliphatic heterocycles. The molecule has 3 aliphatic rings. The Kier molecular flexibility index (Phi) is 7.79. The van der Waals surface area contributed by atoms with Crippen molar-refractivity contribution in [3.8, 4) is 0 Å². The van der Waals surface area contributed by atoms with Crippen LogP contribution in [-0.4, -0.2) is 67.0 Å². The van der Waals surface area contributed by atoms with Crippen LogP contribution in [0, 0.1) is 5.92 Å². The molecule has 0 aromatic rings. The van der Waals surface area contributed by atoms with Crippen molar-refractivity contribution < 1.29 is 43.6 Å². The highest BCUT2D eigenvalue weighted by Crippen LogP contribution is 2.43. The molecule has 30 heavy (non-hydrogen) atoms. The Morgan fingerprint density at radius 2 is 1.97 bits per heavy atom. The molecule has 0 aromatic heterocycles. The van der Waals surface area contributed by atoms with Gasteiger partial charge in [-0.25, -0.2) is 8.37 Å². The standard InChI is InChI=1S/C17H31NO10S2/c1-4-5-7-12(2)8-6-9-18-29(19,20)24-11-17-16(25-13(3)26-17)15-14(10-23-17)27-30(21,22)28-15/h12-16,18H,4-11H2,1-3H3/t12?,13?,14-,15-,16+,17+/m1/s1. The number of nitrogens with one attached hydrogen (secondary N) is 1. The van der Waals surface area contributed by atoms with Gasteiger partial charge in [0.15, 0.2) is 6.29 Å². The minimum Gasteiger partial charge on any atom is -0.343 e. The zero-order valence-corrected chi connectivity index (χ0v) is 19.1. The minimum atomic E-state index is -4.17. The highest BCUT2D eigenvalue weighted by atomic mass is 32.3. The van der Waals surface area contributed by atoms with Gasteiger partial charge in [0.05, 0.1) is 6.61 Å². The zero-order chi connectivity index (χ0) is 22.0. The summed E-state index contributed by atoms with van der Waals surface area (Å²) in [6, 6.07) is 0. The number of rotatable bonds is 11. The number of hydrogen-bond acceptors (Lipinski definition) is 10. The van der Waals surface area contributed by atoms with Crippen molar-refractivity contribution in [2.75, 3.05) is 19.8 Å². The Hall–Kier alpha value is -0.380. The van der Waals surface area contributed by atoms with E-state index >= 15 is 0 Å². The topological polar surface area (TPSA) is 136 Å². The zero-order valence-electron chi connectivity index (χ0n) is 17.4. The first-order chi connectivity index (χ1) is 14.1. The molecule has 3 rings (SSSR count). The van der Waals surface area contributed by atoms with E-state index in [1.54, 1.807) is 6.92 Å². The van der Waals surface area contributed by atoms with Crippen molar-refractivity contribution in [3.63, 3.8) is 0 Å². The van der Waals surface area contributed by atoms with Crippen LogP contribution < -0.4 is 4.72 Å². The van der Waals surface area contributed by atoms with Gasteiger partial charge in [0.1, 0.15) is 24.9 Å². The van der Waals surface area contributed by atoms with Crippen molar-refractivity contribution >= 4 is 20.7 Å². The van der Waals surface area contributed by atoms with Crippen molar-refractivity contribution in [2.24, 2.45) is 5.92 Å². The second-order valence-corrected chi connectivity index (χ2v) is 10.6. The van der Waals surface area contributed by atoms with Crippen LogP contribution in [0.5, 0.6) is 0 Å². The molecule has 13 heteroatoms. The molecular formula is C17H31NO10S2. The van der Waals surface area contributed by atoms with Crippen LogP contribution in [-0.2, 0) is 47.5 Å². The van der Waals surface area contributed by atoms with Gasteiger partial charge in [0.2, 0.25) is 5.79 Å². The summed E-state index contributed by atoms with van der Waals surface area (Å²) in [5.41, 5.74) is 0. The van der Waals surface area contributed by atoms with Gasteiger partial charge in [-0.1, -0.05) is 33.1 Å². The van der Waals surface area contributed by atoms with Gasteiger partial charge < -0.3 is 14.2 Å². The average molecular weight is 474 g/mol. The molecule has 3 fully saturated rings. The maximum absolute atomic E-state index is 12.3. The Labute approximate surface area is 178 Å². The van der Waals surface area contributed by atoms with Gasteiger partial charge in [-0.3, -0.25) is 4.18 Å². The van der Waals surface area contributed by atoms with E-state index in [1.165, 1.54) is 0 Å². The molecule has 6 atom stereocenters. The Bertz CT molecular complexity index is 788. The van der Waals surface area contributed by atoms with Gasteiger partial charge in [0.25, 0.3) is 0 Å². The fourth-order valence-corrected chi connectivity index (χ4v) is 5.66. The van der Waals surface area contributed by atoms with E-state index in [0.717, 1.165) is 25.7 Å². The summed E-state index contributed by atoms with van der Waals surface area (Å²) in [6.45, 7) is 5.43. The van der Waals surface area contributed by atoms with Crippen molar-refractivity contribution in [3.05, 3.63) is 0 Å². The summed E-state index contributed by atoms with van der Waals surface area (Å²) in [6.07, 6.45) is 1.33. The van der Waals surface area contributed by atoms with E-state index in [0.29, 0.717) is 12.3 Å². The minimum absolute atomic E-state index is 0.178. The molecule has 0 bridgehead atoms. The van der Waals surface area contributed by atoms with Gasteiger partial charge in [-0.05, 0) is 25.7 Å². The lowest BCUT2D eigenvalue weighted by Gasteiger charge is -2.39. The van der Waals surface area contributed by atoms with E-state index < -0.39 is 57.7 Å². The third kappa shape index (κ3) is 5.90. The molecule has 0 aliphatic carbocycles. The normalized spacial score (nSPS) is 36.4. The molecule has 176 valence electrons. The van der Waals surface area contributed by atoms with Crippen LogP contribution in [0.1, 0.15) is 52.9 Å².